The lowest BCUT2D eigenvalue weighted by Crippen LogP contribution is -2.40. The van der Waals surface area contributed by atoms with Crippen LogP contribution < -0.4 is 5.32 Å². The molecule has 2 unspecified atom stereocenters. The largest absolute Gasteiger partial charge is 0.469 e. The van der Waals surface area contributed by atoms with Crippen LogP contribution in [-0.2, 0) is 11.3 Å². The summed E-state index contributed by atoms with van der Waals surface area (Å²) in [6.45, 7) is 8.13. The van der Waals surface area contributed by atoms with E-state index in [0.29, 0.717) is 12.1 Å². The van der Waals surface area contributed by atoms with Crippen LogP contribution in [0.3, 0.4) is 0 Å². The Morgan fingerprint density at radius 1 is 1.53 bits per heavy atom. The van der Waals surface area contributed by atoms with E-state index < -0.39 is 0 Å². The summed E-state index contributed by atoms with van der Waals surface area (Å²) in [6, 6.07) is 2.50. The maximum atomic E-state index is 5.68. The molecule has 0 aliphatic carbocycles. The zero-order valence-electron chi connectivity index (χ0n) is 12.3. The Morgan fingerprint density at radius 2 is 2.37 bits per heavy atom. The van der Waals surface area contributed by atoms with Gasteiger partial charge in [0.25, 0.3) is 0 Å². The smallest absolute Gasteiger partial charge is 0.105 e. The first kappa shape index (κ1) is 14.6. The van der Waals surface area contributed by atoms with E-state index in [1.54, 1.807) is 6.26 Å². The Balaban J connectivity index is 1.63. The highest BCUT2D eigenvalue weighted by atomic mass is 16.5. The average Bonchev–Trinajstić information content (AvgIpc) is 3.02. The molecule has 2 rings (SSSR count). The first-order chi connectivity index (χ1) is 9.16. The summed E-state index contributed by atoms with van der Waals surface area (Å²) in [5.41, 5.74) is 1.27. The minimum absolute atomic E-state index is 0.404. The molecule has 19 heavy (non-hydrogen) atoms. The van der Waals surface area contributed by atoms with E-state index in [9.17, 15) is 0 Å². The molecule has 0 spiro atoms. The number of aryl methyl sites for hydroxylation is 1. The molecule has 0 amide bonds. The number of hydrogen-bond acceptors (Lipinski definition) is 4. The van der Waals surface area contributed by atoms with Gasteiger partial charge in [-0.1, -0.05) is 0 Å². The van der Waals surface area contributed by atoms with E-state index in [-0.39, 0.29) is 0 Å². The molecule has 108 valence electrons. The fourth-order valence-corrected chi connectivity index (χ4v) is 2.56. The van der Waals surface area contributed by atoms with Gasteiger partial charge in [0.05, 0.1) is 12.4 Å². The second-order valence-electron chi connectivity index (χ2n) is 5.53. The summed E-state index contributed by atoms with van der Waals surface area (Å²) < 4.78 is 11.0. The molecule has 4 heteroatoms. The van der Waals surface area contributed by atoms with E-state index in [2.05, 4.69) is 24.2 Å². The maximum Gasteiger partial charge on any atom is 0.105 e. The molecule has 0 radical (unpaired) electrons. The molecule has 2 heterocycles. The molecule has 1 aliphatic heterocycles. The minimum atomic E-state index is 0.404. The number of nitrogens with one attached hydrogen (secondary N) is 1. The van der Waals surface area contributed by atoms with Gasteiger partial charge in [0, 0.05) is 37.8 Å². The third kappa shape index (κ3) is 4.34. The number of furan rings is 1. The molecule has 1 aromatic rings. The van der Waals surface area contributed by atoms with Gasteiger partial charge in [-0.2, -0.15) is 0 Å². The summed E-state index contributed by atoms with van der Waals surface area (Å²) in [7, 11) is 2.14. The quantitative estimate of drug-likeness (QED) is 0.821. The van der Waals surface area contributed by atoms with Gasteiger partial charge in [-0.05, 0) is 39.8 Å². The molecule has 1 aromatic heterocycles. The summed E-state index contributed by atoms with van der Waals surface area (Å²) in [4.78, 5) is 2.31. The Bertz CT molecular complexity index is 372. The fourth-order valence-electron chi connectivity index (χ4n) is 2.56. The van der Waals surface area contributed by atoms with E-state index >= 15 is 0 Å². The minimum Gasteiger partial charge on any atom is -0.469 e. The van der Waals surface area contributed by atoms with Crippen molar-refractivity contribution in [3.63, 3.8) is 0 Å². The van der Waals surface area contributed by atoms with Crippen molar-refractivity contribution in [1.29, 1.82) is 0 Å². The molecular formula is C15H26N2O2. The van der Waals surface area contributed by atoms with Gasteiger partial charge in [0.2, 0.25) is 0 Å². The van der Waals surface area contributed by atoms with Gasteiger partial charge in [0.1, 0.15) is 5.76 Å². The van der Waals surface area contributed by atoms with E-state index in [0.717, 1.165) is 32.0 Å². The molecule has 2 atom stereocenters. The lowest BCUT2D eigenvalue weighted by molar-refractivity contribution is 0.0829. The first-order valence-electron chi connectivity index (χ1n) is 7.23. The average molecular weight is 266 g/mol. The van der Waals surface area contributed by atoms with Gasteiger partial charge in [-0.3, -0.25) is 0 Å². The van der Waals surface area contributed by atoms with Gasteiger partial charge in [-0.25, -0.2) is 0 Å². The van der Waals surface area contributed by atoms with E-state index in [1.165, 1.54) is 18.4 Å². The van der Waals surface area contributed by atoms with Gasteiger partial charge < -0.3 is 19.4 Å². The molecule has 0 saturated carbocycles. The lowest BCUT2D eigenvalue weighted by atomic mass is 10.1. The maximum absolute atomic E-state index is 5.68. The molecule has 0 aromatic carbocycles. The summed E-state index contributed by atoms with van der Waals surface area (Å²) in [6.07, 6.45) is 4.56. The highest BCUT2D eigenvalue weighted by molar-refractivity contribution is 5.14. The number of nitrogens with zero attached hydrogens (tertiary/aromatic N) is 1. The van der Waals surface area contributed by atoms with Crippen molar-refractivity contribution in [3.8, 4) is 0 Å². The van der Waals surface area contributed by atoms with Gasteiger partial charge in [0.15, 0.2) is 0 Å². The predicted octanol–water partition coefficient (Wildman–Crippen LogP) is 2.18. The molecule has 4 nitrogen and oxygen atoms in total. The van der Waals surface area contributed by atoms with Crippen LogP contribution in [0.5, 0.6) is 0 Å². The highest BCUT2D eigenvalue weighted by Crippen LogP contribution is 2.15. The normalized spacial score (nSPS) is 21.2. The Labute approximate surface area is 116 Å². The molecule has 1 fully saturated rings. The third-order valence-electron chi connectivity index (χ3n) is 3.89. The van der Waals surface area contributed by atoms with Crippen molar-refractivity contribution in [3.05, 3.63) is 23.7 Å². The van der Waals surface area contributed by atoms with Crippen LogP contribution >= 0.6 is 0 Å². The van der Waals surface area contributed by atoms with Crippen LogP contribution in [0.2, 0.25) is 0 Å². The van der Waals surface area contributed by atoms with Crippen molar-refractivity contribution in [2.24, 2.45) is 0 Å². The summed E-state index contributed by atoms with van der Waals surface area (Å²) >= 11 is 0. The third-order valence-corrected chi connectivity index (χ3v) is 3.89. The summed E-state index contributed by atoms with van der Waals surface area (Å²) in [5.74, 6) is 1.02. The number of hydrogen-bond donors (Lipinski definition) is 1. The molecule has 1 N–H and O–H groups in total. The molecule has 1 saturated heterocycles. The van der Waals surface area contributed by atoms with Crippen LogP contribution in [0.1, 0.15) is 31.1 Å². The van der Waals surface area contributed by atoms with Crippen molar-refractivity contribution < 1.29 is 9.15 Å². The second-order valence-corrected chi connectivity index (χ2v) is 5.53. The number of ether oxygens (including phenoxy) is 1. The Kier molecular flexibility index (Phi) is 5.43. The zero-order chi connectivity index (χ0) is 13.7. The van der Waals surface area contributed by atoms with Crippen LogP contribution in [0.15, 0.2) is 16.7 Å². The second kappa shape index (κ2) is 7.08. The predicted molar refractivity (Wildman–Crippen MR) is 76.2 cm³/mol. The molecule has 1 aliphatic rings. The van der Waals surface area contributed by atoms with Crippen molar-refractivity contribution in [2.45, 2.75) is 45.4 Å². The monoisotopic (exact) mass is 266 g/mol. The highest BCUT2D eigenvalue weighted by Gasteiger charge is 2.21. The fraction of sp³-hybridized carbons (Fsp3) is 0.733. The van der Waals surface area contributed by atoms with E-state index in [4.69, 9.17) is 9.15 Å². The van der Waals surface area contributed by atoms with Crippen molar-refractivity contribution in [1.82, 2.24) is 10.2 Å². The standard InChI is InChI=1S/C15H26N2O2/c1-12(15-5-4-9-19-15)16-7-8-17(3)11-14-6-10-18-13(14)2/h6,10,12,15-16H,4-5,7-9,11H2,1-3H3. The SMILES string of the molecule is Cc1occc1CN(C)CCNC(C)C1CCCO1. The molecular weight excluding hydrogens is 240 g/mol. The van der Waals surface area contributed by atoms with Crippen LogP contribution in [-0.4, -0.2) is 43.8 Å². The Morgan fingerprint density at radius 3 is 3.00 bits per heavy atom. The van der Waals surface area contributed by atoms with Crippen LogP contribution in [0.25, 0.3) is 0 Å². The topological polar surface area (TPSA) is 37.6 Å². The Hall–Kier alpha value is -0.840. The zero-order valence-corrected chi connectivity index (χ0v) is 12.3. The van der Waals surface area contributed by atoms with Crippen molar-refractivity contribution >= 4 is 0 Å². The number of rotatable bonds is 7. The van der Waals surface area contributed by atoms with Crippen LogP contribution in [0.4, 0.5) is 0 Å². The summed E-state index contributed by atoms with van der Waals surface area (Å²) in [5, 5.41) is 3.56. The number of likely N-dealkylation sites (N-methyl/N-ethyl adjacent to an activating group) is 1. The van der Waals surface area contributed by atoms with Gasteiger partial charge >= 0.3 is 0 Å². The van der Waals surface area contributed by atoms with E-state index in [1.807, 2.05) is 13.0 Å². The van der Waals surface area contributed by atoms with Crippen molar-refractivity contribution in [2.75, 3.05) is 26.7 Å². The lowest BCUT2D eigenvalue weighted by Gasteiger charge is -2.22. The van der Waals surface area contributed by atoms with Gasteiger partial charge in [-0.15, -0.1) is 0 Å². The van der Waals surface area contributed by atoms with Crippen LogP contribution in [0, 0.1) is 6.92 Å². The molecule has 0 bridgehead atoms. The first-order valence-corrected chi connectivity index (χ1v) is 7.23.